The van der Waals surface area contributed by atoms with Crippen molar-refractivity contribution in [1.82, 2.24) is 0 Å². The summed E-state index contributed by atoms with van der Waals surface area (Å²) in [5, 5.41) is 0. The highest BCUT2D eigenvalue weighted by Crippen LogP contribution is 2.62. The lowest BCUT2D eigenvalue weighted by Crippen LogP contribution is -2.30. The average molecular weight is 481 g/mol. The molecule has 0 saturated heterocycles. The monoisotopic (exact) mass is 480 g/mol. The fourth-order valence-electron chi connectivity index (χ4n) is 7.08. The zero-order chi connectivity index (χ0) is 25.6. The van der Waals surface area contributed by atoms with Crippen LogP contribution >= 0.6 is 0 Å². The van der Waals surface area contributed by atoms with Gasteiger partial charge in [-0.15, -0.1) is 0 Å². The average Bonchev–Trinajstić information content (AvgIpc) is 3.54. The number of benzene rings is 4. The van der Waals surface area contributed by atoms with Gasteiger partial charge in [-0.3, -0.25) is 0 Å². The molecule has 0 amide bonds. The Morgan fingerprint density at radius 3 is 1.30 bits per heavy atom. The smallest absolute Gasteiger partial charge is 0.0162 e. The Morgan fingerprint density at radius 2 is 0.919 bits per heavy atom. The van der Waals surface area contributed by atoms with Crippen LogP contribution in [0.4, 0.5) is 0 Å². The Labute approximate surface area is 222 Å². The number of rotatable bonds is 6. The molecule has 2 aliphatic carbocycles. The molecule has 0 nitrogen and oxygen atoms in total. The second-order valence-electron chi connectivity index (χ2n) is 11.2. The Morgan fingerprint density at radius 1 is 0.514 bits per heavy atom. The van der Waals surface area contributed by atoms with E-state index in [1.165, 1.54) is 55.7 Å². The maximum Gasteiger partial charge on any atom is 0.0162 e. The molecule has 0 fully saturated rings. The summed E-state index contributed by atoms with van der Waals surface area (Å²) in [6.45, 7) is 9.58. The highest BCUT2D eigenvalue weighted by molar-refractivity contribution is 5.96. The first-order chi connectivity index (χ1) is 18.0. The van der Waals surface area contributed by atoms with Gasteiger partial charge in [0.25, 0.3) is 0 Å². The van der Waals surface area contributed by atoms with Crippen LogP contribution in [-0.2, 0) is 12.8 Å². The van der Waals surface area contributed by atoms with E-state index >= 15 is 0 Å². The summed E-state index contributed by atoms with van der Waals surface area (Å²) in [6.07, 6.45) is 7.10. The van der Waals surface area contributed by atoms with Gasteiger partial charge in [0, 0.05) is 11.8 Å². The maximum absolute atomic E-state index is 2.51. The van der Waals surface area contributed by atoms with Crippen LogP contribution in [0.2, 0.25) is 0 Å². The molecule has 2 unspecified atom stereocenters. The molecule has 0 radical (unpaired) electrons. The Bertz CT molecular complexity index is 1380. The predicted molar refractivity (Wildman–Crippen MR) is 160 cm³/mol. The highest BCUT2D eigenvalue weighted by Gasteiger charge is 2.47. The van der Waals surface area contributed by atoms with Gasteiger partial charge in [0.05, 0.1) is 0 Å². The Kier molecular flexibility index (Phi) is 6.00. The number of hydrogen-bond donors (Lipinski definition) is 0. The lowest BCUT2D eigenvalue weighted by atomic mass is 9.61. The number of allylic oxidation sites excluding steroid dienone is 2. The van der Waals surface area contributed by atoms with Crippen LogP contribution < -0.4 is 0 Å². The van der Waals surface area contributed by atoms with Gasteiger partial charge in [0.15, 0.2) is 0 Å². The van der Waals surface area contributed by atoms with E-state index in [1.807, 2.05) is 0 Å². The van der Waals surface area contributed by atoms with E-state index in [0.717, 1.165) is 12.8 Å². The van der Waals surface area contributed by atoms with E-state index in [-0.39, 0.29) is 5.41 Å². The van der Waals surface area contributed by atoms with E-state index in [2.05, 4.69) is 137 Å². The third-order valence-electron chi connectivity index (χ3n) is 8.77. The number of fused-ring (bicyclic) bond motifs is 2. The van der Waals surface area contributed by atoms with E-state index < -0.39 is 0 Å². The third kappa shape index (κ3) is 3.82. The van der Waals surface area contributed by atoms with Crippen LogP contribution in [0.15, 0.2) is 97.1 Å². The predicted octanol–water partition coefficient (Wildman–Crippen LogP) is 9.81. The summed E-state index contributed by atoms with van der Waals surface area (Å²) in [5.41, 5.74) is 14.3. The normalized spacial score (nSPS) is 18.3. The number of aryl methyl sites for hydroxylation is 2. The molecular weight excluding hydrogens is 444 g/mol. The van der Waals surface area contributed by atoms with Gasteiger partial charge in [-0.2, -0.15) is 0 Å². The van der Waals surface area contributed by atoms with Crippen molar-refractivity contribution in [3.05, 3.63) is 142 Å². The molecule has 0 N–H and O–H groups in total. The van der Waals surface area contributed by atoms with Crippen LogP contribution in [0, 0.1) is 5.41 Å². The SMILES string of the molecule is CCc1cccc2c1C=C(c1ccccc1)C2C(C)(C)C1C(c2ccccc2)=Cc2c(CC)cccc21. The Hall–Kier alpha value is -3.64. The molecule has 0 saturated carbocycles. The maximum atomic E-state index is 2.51. The lowest BCUT2D eigenvalue weighted by Gasteiger charge is -2.42. The lowest BCUT2D eigenvalue weighted by molar-refractivity contribution is 0.304. The molecule has 0 bridgehead atoms. The van der Waals surface area contributed by atoms with Gasteiger partial charge in [-0.05, 0) is 86.1 Å². The molecule has 6 rings (SSSR count). The van der Waals surface area contributed by atoms with Crippen molar-refractivity contribution in [3.63, 3.8) is 0 Å². The van der Waals surface area contributed by atoms with Crippen molar-refractivity contribution in [1.29, 1.82) is 0 Å². The van der Waals surface area contributed by atoms with Crippen molar-refractivity contribution < 1.29 is 0 Å². The van der Waals surface area contributed by atoms with Gasteiger partial charge in [-0.1, -0.05) is 125 Å². The highest BCUT2D eigenvalue weighted by atomic mass is 14.5. The summed E-state index contributed by atoms with van der Waals surface area (Å²) < 4.78 is 0. The van der Waals surface area contributed by atoms with Crippen LogP contribution in [-0.4, -0.2) is 0 Å². The van der Waals surface area contributed by atoms with E-state index in [1.54, 1.807) is 0 Å². The van der Waals surface area contributed by atoms with Crippen LogP contribution in [0.1, 0.15) is 84.0 Å². The molecule has 37 heavy (non-hydrogen) atoms. The quantitative estimate of drug-likeness (QED) is 0.258. The van der Waals surface area contributed by atoms with E-state index in [4.69, 9.17) is 0 Å². The first-order valence-electron chi connectivity index (χ1n) is 13.8. The van der Waals surface area contributed by atoms with Crippen LogP contribution in [0.5, 0.6) is 0 Å². The molecule has 4 aromatic carbocycles. The second-order valence-corrected chi connectivity index (χ2v) is 11.2. The minimum atomic E-state index is -0.0570. The summed E-state index contributed by atoms with van der Waals surface area (Å²) in [5.74, 6) is 0.592. The van der Waals surface area contributed by atoms with Crippen molar-refractivity contribution >= 4 is 23.3 Å². The molecule has 2 atom stereocenters. The van der Waals surface area contributed by atoms with Gasteiger partial charge < -0.3 is 0 Å². The molecule has 0 spiro atoms. The van der Waals surface area contributed by atoms with Crippen molar-refractivity contribution in [2.24, 2.45) is 5.41 Å². The van der Waals surface area contributed by atoms with Crippen LogP contribution in [0.25, 0.3) is 23.3 Å². The molecule has 0 heterocycles. The summed E-state index contributed by atoms with van der Waals surface area (Å²) in [7, 11) is 0. The standard InChI is InChI=1S/C37H36/c1-5-25-19-13-21-29-31(25)23-33(27-15-9-7-10-16-27)35(29)37(3,4)36-30-22-14-20-26(6-2)32(30)24-34(36)28-17-11-8-12-18-28/h7-24,35-36H,5-6H2,1-4H3. The zero-order valence-corrected chi connectivity index (χ0v) is 22.5. The molecule has 0 heteroatoms. The van der Waals surface area contributed by atoms with Crippen LogP contribution in [0.3, 0.4) is 0 Å². The van der Waals surface area contributed by atoms with Crippen molar-refractivity contribution in [2.75, 3.05) is 0 Å². The molecule has 184 valence electrons. The first-order valence-corrected chi connectivity index (χ1v) is 13.8. The minimum Gasteiger partial charge on any atom is -0.0622 e. The first kappa shape index (κ1) is 23.7. The van der Waals surface area contributed by atoms with Gasteiger partial charge in [0.1, 0.15) is 0 Å². The molecule has 0 aliphatic heterocycles. The summed E-state index contributed by atoms with van der Waals surface area (Å²) >= 11 is 0. The fraction of sp³-hybridized carbons (Fsp3) is 0.243. The van der Waals surface area contributed by atoms with Crippen molar-refractivity contribution in [2.45, 2.75) is 52.4 Å². The van der Waals surface area contributed by atoms with Gasteiger partial charge >= 0.3 is 0 Å². The zero-order valence-electron chi connectivity index (χ0n) is 22.5. The summed E-state index contributed by atoms with van der Waals surface area (Å²) in [4.78, 5) is 0. The van der Waals surface area contributed by atoms with Gasteiger partial charge in [0.2, 0.25) is 0 Å². The largest absolute Gasteiger partial charge is 0.0622 e. The second kappa shape index (κ2) is 9.34. The molecular formula is C37H36. The van der Waals surface area contributed by atoms with E-state index in [9.17, 15) is 0 Å². The minimum absolute atomic E-state index is 0.0570. The topological polar surface area (TPSA) is 0 Å². The van der Waals surface area contributed by atoms with Crippen molar-refractivity contribution in [3.8, 4) is 0 Å². The van der Waals surface area contributed by atoms with E-state index in [0.29, 0.717) is 11.8 Å². The van der Waals surface area contributed by atoms with Gasteiger partial charge in [-0.25, -0.2) is 0 Å². The third-order valence-corrected chi connectivity index (χ3v) is 8.77. The number of hydrogen-bond acceptors (Lipinski definition) is 0. The summed E-state index contributed by atoms with van der Waals surface area (Å²) in [6, 6.07) is 36.1. The molecule has 4 aromatic rings. The Balaban J connectivity index is 1.58. The molecule has 0 aromatic heterocycles. The fourth-order valence-corrected chi connectivity index (χ4v) is 7.08. The molecule has 2 aliphatic rings.